The van der Waals surface area contributed by atoms with Crippen LogP contribution in [0.1, 0.15) is 51.8 Å². The van der Waals surface area contributed by atoms with Gasteiger partial charge < -0.3 is 10.8 Å². The molecule has 0 aliphatic rings. The zero-order valence-electron chi connectivity index (χ0n) is 11.3. The van der Waals surface area contributed by atoms with Gasteiger partial charge in [0.25, 0.3) is 0 Å². The average Bonchev–Trinajstić information content (AvgIpc) is 2.71. The zero-order chi connectivity index (χ0) is 13.1. The molecule has 3 N–H and O–H groups in total. The molecule has 2 atom stereocenters. The van der Waals surface area contributed by atoms with E-state index in [0.29, 0.717) is 6.42 Å². The number of aromatic nitrogens is 3. The lowest BCUT2D eigenvalue weighted by molar-refractivity contribution is 0.0444. The van der Waals surface area contributed by atoms with Crippen molar-refractivity contribution in [2.45, 2.75) is 58.6 Å². The molecule has 0 aromatic carbocycles. The van der Waals surface area contributed by atoms with Gasteiger partial charge in [-0.15, -0.1) is 0 Å². The predicted octanol–water partition coefficient (Wildman–Crippen LogP) is 1.06. The van der Waals surface area contributed by atoms with Crippen molar-refractivity contribution in [1.82, 2.24) is 14.8 Å². The fourth-order valence-electron chi connectivity index (χ4n) is 1.95. The van der Waals surface area contributed by atoms with E-state index in [4.69, 9.17) is 5.73 Å². The Kier molecular flexibility index (Phi) is 4.65. The maximum atomic E-state index is 10.00. The zero-order valence-corrected chi connectivity index (χ0v) is 11.3. The number of aryl methyl sites for hydroxylation is 2. The molecule has 1 aromatic heterocycles. The lowest BCUT2D eigenvalue weighted by Gasteiger charge is -2.25. The number of nitrogens with zero attached hydrogens (tertiary/aromatic N) is 3. The van der Waals surface area contributed by atoms with Gasteiger partial charge in [0.2, 0.25) is 0 Å². The Balaban J connectivity index is 2.87. The Bertz CT molecular complexity index is 359. The highest BCUT2D eigenvalue weighted by Crippen LogP contribution is 2.21. The van der Waals surface area contributed by atoms with Crippen molar-refractivity contribution < 1.29 is 5.11 Å². The van der Waals surface area contributed by atoms with E-state index in [9.17, 15) is 5.11 Å². The molecule has 0 fully saturated rings. The lowest BCUT2D eigenvalue weighted by atomic mass is 9.98. The molecule has 1 rings (SSSR count). The largest absolute Gasteiger partial charge is 0.389 e. The maximum absolute atomic E-state index is 10.00. The molecule has 1 heterocycles. The summed E-state index contributed by atoms with van der Waals surface area (Å²) in [6.07, 6.45) is 2.27. The molecule has 0 spiro atoms. The van der Waals surface area contributed by atoms with Crippen LogP contribution >= 0.6 is 0 Å². The van der Waals surface area contributed by atoms with Crippen LogP contribution < -0.4 is 5.73 Å². The van der Waals surface area contributed by atoms with Crippen molar-refractivity contribution in [3.8, 4) is 0 Å². The van der Waals surface area contributed by atoms with Crippen LogP contribution in [0.25, 0.3) is 0 Å². The highest BCUT2D eigenvalue weighted by molar-refractivity contribution is 4.95. The number of nitrogens with two attached hydrogens (primary N) is 1. The monoisotopic (exact) mass is 240 g/mol. The fraction of sp³-hybridized carbons (Fsp3) is 0.833. The third kappa shape index (κ3) is 3.51. The molecule has 98 valence electrons. The van der Waals surface area contributed by atoms with Crippen molar-refractivity contribution in [3.63, 3.8) is 0 Å². The number of hydrogen-bond donors (Lipinski definition) is 2. The maximum Gasteiger partial charge on any atom is 0.150 e. The summed E-state index contributed by atoms with van der Waals surface area (Å²) in [4.78, 5) is 4.46. The minimum atomic E-state index is -0.844. The van der Waals surface area contributed by atoms with E-state index < -0.39 is 5.60 Å². The quantitative estimate of drug-likeness (QED) is 0.779. The molecule has 5 heteroatoms. The van der Waals surface area contributed by atoms with Gasteiger partial charge in [-0.3, -0.25) is 0 Å². The highest BCUT2D eigenvalue weighted by Gasteiger charge is 2.24. The summed E-state index contributed by atoms with van der Waals surface area (Å²) in [6, 6.07) is 0.108. The minimum absolute atomic E-state index is 0.108. The van der Waals surface area contributed by atoms with Crippen LogP contribution in [0, 0.1) is 0 Å². The van der Waals surface area contributed by atoms with E-state index in [1.54, 1.807) is 6.92 Å². The topological polar surface area (TPSA) is 77.0 Å². The van der Waals surface area contributed by atoms with Gasteiger partial charge in [-0.1, -0.05) is 13.8 Å². The molecule has 0 bridgehead atoms. The smallest absolute Gasteiger partial charge is 0.150 e. The Morgan fingerprint density at radius 2 is 2.06 bits per heavy atom. The predicted molar refractivity (Wildman–Crippen MR) is 67.8 cm³/mol. The first-order valence-electron chi connectivity index (χ1n) is 6.30. The van der Waals surface area contributed by atoms with E-state index >= 15 is 0 Å². The molecule has 17 heavy (non-hydrogen) atoms. The van der Waals surface area contributed by atoms with Gasteiger partial charge in [0.15, 0.2) is 5.82 Å². The molecule has 1 aromatic rings. The fourth-order valence-corrected chi connectivity index (χ4v) is 1.95. The van der Waals surface area contributed by atoms with Crippen LogP contribution in [-0.2, 0) is 12.8 Å². The van der Waals surface area contributed by atoms with Crippen molar-refractivity contribution in [2.75, 3.05) is 6.54 Å². The Morgan fingerprint density at radius 3 is 2.53 bits per heavy atom. The van der Waals surface area contributed by atoms with E-state index in [2.05, 4.69) is 17.0 Å². The molecular formula is C12H24N4O. The minimum Gasteiger partial charge on any atom is -0.389 e. The Morgan fingerprint density at radius 1 is 1.41 bits per heavy atom. The molecule has 5 nitrogen and oxygen atoms in total. The van der Waals surface area contributed by atoms with Gasteiger partial charge in [-0.25, -0.2) is 9.67 Å². The summed E-state index contributed by atoms with van der Waals surface area (Å²) in [5, 5.41) is 14.5. The van der Waals surface area contributed by atoms with Gasteiger partial charge in [-0.2, -0.15) is 5.10 Å². The Hall–Kier alpha value is -0.940. The number of rotatable bonds is 6. The van der Waals surface area contributed by atoms with E-state index in [1.165, 1.54) is 0 Å². The first-order chi connectivity index (χ1) is 7.93. The van der Waals surface area contributed by atoms with Gasteiger partial charge in [0.1, 0.15) is 5.82 Å². The van der Waals surface area contributed by atoms with E-state index in [0.717, 1.165) is 24.5 Å². The van der Waals surface area contributed by atoms with Crippen LogP contribution in [-0.4, -0.2) is 32.0 Å². The summed E-state index contributed by atoms with van der Waals surface area (Å²) in [7, 11) is 0. The van der Waals surface area contributed by atoms with E-state index in [-0.39, 0.29) is 12.6 Å². The molecule has 0 saturated heterocycles. The van der Waals surface area contributed by atoms with Crippen LogP contribution in [0.15, 0.2) is 0 Å². The van der Waals surface area contributed by atoms with Gasteiger partial charge in [0, 0.05) is 19.4 Å². The molecular weight excluding hydrogens is 216 g/mol. The van der Waals surface area contributed by atoms with Crippen LogP contribution in [0.5, 0.6) is 0 Å². The normalized spacial score (nSPS) is 16.8. The van der Waals surface area contributed by atoms with Crippen LogP contribution in [0.4, 0.5) is 0 Å². The molecule has 0 aliphatic heterocycles. The number of hydrogen-bond acceptors (Lipinski definition) is 4. The summed E-state index contributed by atoms with van der Waals surface area (Å²) in [5.74, 6) is 1.84. The average molecular weight is 240 g/mol. The number of aliphatic hydroxyl groups is 1. The first kappa shape index (κ1) is 14.1. The molecule has 2 unspecified atom stereocenters. The van der Waals surface area contributed by atoms with Gasteiger partial charge in [0.05, 0.1) is 11.6 Å². The molecule has 0 saturated carbocycles. The SMILES string of the molecule is CCc1nc(CC)n(C(C)CC(C)(O)CN)n1. The van der Waals surface area contributed by atoms with Crippen molar-refractivity contribution in [2.24, 2.45) is 5.73 Å². The molecule has 0 amide bonds. The second kappa shape index (κ2) is 5.60. The van der Waals surface area contributed by atoms with Gasteiger partial charge in [-0.05, 0) is 20.3 Å². The third-order valence-electron chi connectivity index (χ3n) is 2.97. The first-order valence-corrected chi connectivity index (χ1v) is 6.30. The van der Waals surface area contributed by atoms with Gasteiger partial charge >= 0.3 is 0 Å². The van der Waals surface area contributed by atoms with Crippen molar-refractivity contribution >= 4 is 0 Å². The summed E-state index contributed by atoms with van der Waals surface area (Å²) in [5.41, 5.74) is 4.69. The standard InChI is InChI=1S/C12H24N4O/c1-5-10-14-11(6-2)16(15-10)9(3)7-12(4,17)8-13/h9,17H,5-8,13H2,1-4H3. The third-order valence-corrected chi connectivity index (χ3v) is 2.97. The summed E-state index contributed by atoms with van der Waals surface area (Å²) < 4.78 is 1.92. The lowest BCUT2D eigenvalue weighted by Crippen LogP contribution is -2.36. The second-order valence-corrected chi connectivity index (χ2v) is 4.85. The summed E-state index contributed by atoms with van der Waals surface area (Å²) >= 11 is 0. The highest BCUT2D eigenvalue weighted by atomic mass is 16.3. The van der Waals surface area contributed by atoms with Crippen LogP contribution in [0.3, 0.4) is 0 Å². The second-order valence-electron chi connectivity index (χ2n) is 4.85. The van der Waals surface area contributed by atoms with Crippen LogP contribution in [0.2, 0.25) is 0 Å². The molecule has 0 aliphatic carbocycles. The Labute approximate surface area is 103 Å². The van der Waals surface area contributed by atoms with E-state index in [1.807, 2.05) is 18.5 Å². The molecule has 0 radical (unpaired) electrons. The van der Waals surface area contributed by atoms with Crippen molar-refractivity contribution in [3.05, 3.63) is 11.6 Å². The van der Waals surface area contributed by atoms with Crippen molar-refractivity contribution in [1.29, 1.82) is 0 Å². The summed E-state index contributed by atoms with van der Waals surface area (Å²) in [6.45, 7) is 8.16.